The Morgan fingerprint density at radius 2 is 1.50 bits per heavy atom. The number of hydrogen-bond acceptors (Lipinski definition) is 8. The van der Waals surface area contributed by atoms with Crippen LogP contribution in [0, 0.1) is 0 Å². The Kier molecular flexibility index (Phi) is 6.84. The second-order valence-electron chi connectivity index (χ2n) is 4.02. The maximum Gasteiger partial charge on any atom is 0.343 e. The van der Waals surface area contributed by atoms with Crippen LogP contribution in [-0.4, -0.2) is 51.7 Å². The highest BCUT2D eigenvalue weighted by molar-refractivity contribution is 5.98. The molecule has 0 bridgehead atoms. The Hall–Kier alpha value is -2.61. The summed E-state index contributed by atoms with van der Waals surface area (Å²) >= 11 is 0. The van der Waals surface area contributed by atoms with Gasteiger partial charge in [0.15, 0.2) is 30.5 Å². The molecule has 22 heavy (non-hydrogen) atoms. The second-order valence-corrected chi connectivity index (χ2v) is 4.02. The number of ketones is 1. The Morgan fingerprint density at radius 1 is 0.955 bits per heavy atom. The summed E-state index contributed by atoms with van der Waals surface area (Å²) in [5.74, 6) is -1.19. The lowest BCUT2D eigenvalue weighted by Crippen LogP contribution is -2.17. The molecule has 0 unspecified atom stereocenters. The predicted octanol–water partition coefficient (Wildman–Crippen LogP) is -0.0684. The molecule has 0 aliphatic rings. The van der Waals surface area contributed by atoms with Crippen molar-refractivity contribution in [2.45, 2.75) is 0 Å². The van der Waals surface area contributed by atoms with Crippen molar-refractivity contribution in [1.29, 1.82) is 0 Å². The molecule has 0 heterocycles. The zero-order valence-corrected chi connectivity index (χ0v) is 12.3. The van der Waals surface area contributed by atoms with Crippen molar-refractivity contribution >= 4 is 17.7 Å². The fourth-order valence-electron chi connectivity index (χ4n) is 1.42. The zero-order chi connectivity index (χ0) is 16.5. The second kappa shape index (κ2) is 8.63. The van der Waals surface area contributed by atoms with Crippen molar-refractivity contribution in [2.24, 2.45) is 5.73 Å². The summed E-state index contributed by atoms with van der Waals surface area (Å²) in [6.07, 6.45) is 0. The monoisotopic (exact) mass is 311 g/mol. The molecule has 2 N–H and O–H groups in total. The number of ether oxygens (including phenoxy) is 4. The molecule has 0 aliphatic carbocycles. The molecular formula is C14H17NO7. The lowest BCUT2D eigenvalue weighted by atomic mass is 10.1. The van der Waals surface area contributed by atoms with Gasteiger partial charge < -0.3 is 24.7 Å². The van der Waals surface area contributed by atoms with Gasteiger partial charge in [0, 0.05) is 5.56 Å². The number of rotatable bonds is 8. The number of carbonyl (C=O) groups excluding carboxylic acids is 3. The van der Waals surface area contributed by atoms with Gasteiger partial charge in [0.2, 0.25) is 0 Å². The third-order valence-corrected chi connectivity index (χ3v) is 2.60. The Morgan fingerprint density at radius 3 is 2.00 bits per heavy atom. The first-order valence-electron chi connectivity index (χ1n) is 6.28. The molecule has 0 atom stereocenters. The summed E-state index contributed by atoms with van der Waals surface area (Å²) in [4.78, 5) is 33.8. The number of carbonyl (C=O) groups is 3. The van der Waals surface area contributed by atoms with Crippen LogP contribution < -0.4 is 15.2 Å². The molecule has 8 nitrogen and oxygen atoms in total. The van der Waals surface area contributed by atoms with E-state index in [0.717, 1.165) is 0 Å². The largest absolute Gasteiger partial charge is 0.478 e. The summed E-state index contributed by atoms with van der Waals surface area (Å²) in [6, 6.07) is 4.30. The zero-order valence-electron chi connectivity index (χ0n) is 12.3. The quantitative estimate of drug-likeness (QED) is 0.524. The van der Waals surface area contributed by atoms with Crippen molar-refractivity contribution in [3.05, 3.63) is 23.8 Å². The molecule has 8 heteroatoms. The molecule has 1 rings (SSSR count). The van der Waals surface area contributed by atoms with Crippen LogP contribution >= 0.6 is 0 Å². The van der Waals surface area contributed by atoms with Gasteiger partial charge in [0.1, 0.15) is 0 Å². The summed E-state index contributed by atoms with van der Waals surface area (Å²) in [6.45, 7) is -0.876. The minimum atomic E-state index is -0.602. The Balaban J connectivity index is 2.94. The molecule has 1 aromatic carbocycles. The predicted molar refractivity (Wildman–Crippen MR) is 74.8 cm³/mol. The van der Waals surface area contributed by atoms with Crippen LogP contribution in [0.3, 0.4) is 0 Å². The average molecular weight is 311 g/mol. The minimum absolute atomic E-state index is 0.119. The first kappa shape index (κ1) is 17.4. The summed E-state index contributed by atoms with van der Waals surface area (Å²) in [7, 11) is 2.44. The van der Waals surface area contributed by atoms with Crippen molar-refractivity contribution < 1.29 is 33.3 Å². The Bertz CT molecular complexity index is 556. The lowest BCUT2D eigenvalue weighted by molar-refractivity contribution is -0.144. The lowest BCUT2D eigenvalue weighted by Gasteiger charge is -2.12. The third kappa shape index (κ3) is 5.06. The van der Waals surface area contributed by atoms with E-state index in [0.29, 0.717) is 5.56 Å². The van der Waals surface area contributed by atoms with Crippen molar-refractivity contribution in [2.75, 3.05) is 34.0 Å². The van der Waals surface area contributed by atoms with E-state index in [1.807, 2.05) is 0 Å². The van der Waals surface area contributed by atoms with E-state index < -0.39 is 11.9 Å². The smallest absolute Gasteiger partial charge is 0.343 e. The van der Waals surface area contributed by atoms with Crippen LogP contribution in [0.4, 0.5) is 0 Å². The fourth-order valence-corrected chi connectivity index (χ4v) is 1.42. The first-order valence-corrected chi connectivity index (χ1v) is 6.28. The molecular weight excluding hydrogens is 294 g/mol. The molecule has 0 aliphatic heterocycles. The van der Waals surface area contributed by atoms with Crippen LogP contribution in [0.2, 0.25) is 0 Å². The van der Waals surface area contributed by atoms with Gasteiger partial charge in [-0.1, -0.05) is 0 Å². The molecule has 0 amide bonds. The first-order chi connectivity index (χ1) is 10.5. The van der Waals surface area contributed by atoms with Gasteiger partial charge >= 0.3 is 11.9 Å². The topological polar surface area (TPSA) is 114 Å². The van der Waals surface area contributed by atoms with Crippen LogP contribution in [0.25, 0.3) is 0 Å². The van der Waals surface area contributed by atoms with Crippen LogP contribution in [0.15, 0.2) is 18.2 Å². The van der Waals surface area contributed by atoms with Gasteiger partial charge in [-0.05, 0) is 18.2 Å². The van der Waals surface area contributed by atoms with E-state index in [4.69, 9.17) is 15.2 Å². The maximum atomic E-state index is 11.6. The average Bonchev–Trinajstić information content (AvgIpc) is 2.56. The van der Waals surface area contributed by atoms with Crippen molar-refractivity contribution in [3.8, 4) is 11.5 Å². The van der Waals surface area contributed by atoms with Crippen molar-refractivity contribution in [3.63, 3.8) is 0 Å². The number of methoxy groups -OCH3 is 2. The van der Waals surface area contributed by atoms with E-state index in [2.05, 4.69) is 9.47 Å². The molecule has 0 radical (unpaired) electrons. The highest BCUT2D eigenvalue weighted by Crippen LogP contribution is 2.28. The van der Waals surface area contributed by atoms with Gasteiger partial charge in [-0.2, -0.15) is 0 Å². The number of nitrogens with two attached hydrogens (primary N) is 1. The summed E-state index contributed by atoms with van der Waals surface area (Å²) in [5.41, 5.74) is 5.59. The SMILES string of the molecule is COC(=O)COc1ccc(C(=O)CN)cc1OCC(=O)OC. The highest BCUT2D eigenvalue weighted by atomic mass is 16.6. The summed E-state index contributed by atoms with van der Waals surface area (Å²) < 4.78 is 19.4. The summed E-state index contributed by atoms with van der Waals surface area (Å²) in [5, 5.41) is 0. The fraction of sp³-hybridized carbons (Fsp3) is 0.357. The van der Waals surface area contributed by atoms with E-state index in [1.165, 1.54) is 32.4 Å². The number of esters is 2. The van der Waals surface area contributed by atoms with Gasteiger partial charge in [-0.15, -0.1) is 0 Å². The van der Waals surface area contributed by atoms with Crippen LogP contribution in [0.5, 0.6) is 11.5 Å². The van der Waals surface area contributed by atoms with Crippen LogP contribution in [0.1, 0.15) is 10.4 Å². The maximum absolute atomic E-state index is 11.6. The van der Waals surface area contributed by atoms with E-state index in [9.17, 15) is 14.4 Å². The highest BCUT2D eigenvalue weighted by Gasteiger charge is 2.14. The minimum Gasteiger partial charge on any atom is -0.478 e. The molecule has 0 spiro atoms. The van der Waals surface area contributed by atoms with E-state index in [1.54, 1.807) is 0 Å². The van der Waals surface area contributed by atoms with Gasteiger partial charge in [0.25, 0.3) is 0 Å². The molecule has 0 saturated carbocycles. The number of hydrogen-bond donors (Lipinski definition) is 1. The normalized spacial score (nSPS) is 9.77. The Labute approximate surface area is 127 Å². The van der Waals surface area contributed by atoms with Crippen molar-refractivity contribution in [1.82, 2.24) is 0 Å². The number of Topliss-reactive ketones (excluding diaryl/α,β-unsaturated/α-hetero) is 1. The van der Waals surface area contributed by atoms with E-state index in [-0.39, 0.29) is 37.0 Å². The van der Waals surface area contributed by atoms with Crippen LogP contribution in [-0.2, 0) is 19.1 Å². The molecule has 0 aromatic heterocycles. The standard InChI is InChI=1S/C14H17NO7/c1-19-13(17)7-21-11-4-3-9(10(16)6-15)5-12(11)22-8-14(18)20-2/h3-5H,6-8,15H2,1-2H3. The van der Waals surface area contributed by atoms with Gasteiger partial charge in [0.05, 0.1) is 20.8 Å². The third-order valence-electron chi connectivity index (χ3n) is 2.60. The number of benzene rings is 1. The van der Waals surface area contributed by atoms with Gasteiger partial charge in [-0.25, -0.2) is 9.59 Å². The van der Waals surface area contributed by atoms with E-state index >= 15 is 0 Å². The molecule has 1 aromatic rings. The molecule has 0 saturated heterocycles. The molecule has 0 fully saturated rings. The molecule has 120 valence electrons. The van der Waals surface area contributed by atoms with Gasteiger partial charge in [-0.3, -0.25) is 4.79 Å².